The molecule has 0 radical (unpaired) electrons. The van der Waals surface area contributed by atoms with E-state index in [2.05, 4.69) is 30.9 Å². The molecule has 96 valence electrons. The lowest BCUT2D eigenvalue weighted by atomic mass is 9.87. The van der Waals surface area contributed by atoms with Crippen LogP contribution in [-0.4, -0.2) is 28.3 Å². The molecule has 0 amide bonds. The normalized spacial score (nSPS) is 23.6. The van der Waals surface area contributed by atoms with Gasteiger partial charge < -0.3 is 15.0 Å². The molecule has 0 spiro atoms. The maximum absolute atomic E-state index is 6.07. The van der Waals surface area contributed by atoms with E-state index in [-0.39, 0.29) is 17.6 Å². The number of thioether (sulfide) groups is 1. The summed E-state index contributed by atoms with van der Waals surface area (Å²) in [5.74, 6) is 3.02. The summed E-state index contributed by atoms with van der Waals surface area (Å²) in [5, 5.41) is 3.97. The summed E-state index contributed by atoms with van der Waals surface area (Å²) >= 11 is 1.84. The summed E-state index contributed by atoms with van der Waals surface area (Å²) in [6.45, 7) is 6.89. The summed E-state index contributed by atoms with van der Waals surface area (Å²) < 4.78 is 10.8. The SMILES string of the molecule is CC(C)(C)C(N)c1nc(C2CSCCO2)no1. The van der Waals surface area contributed by atoms with Gasteiger partial charge in [0.05, 0.1) is 12.6 Å². The Morgan fingerprint density at radius 2 is 2.24 bits per heavy atom. The molecular weight excluding hydrogens is 238 g/mol. The maximum atomic E-state index is 6.07. The molecule has 0 aromatic carbocycles. The Balaban J connectivity index is 2.10. The second kappa shape index (κ2) is 4.96. The van der Waals surface area contributed by atoms with Crippen molar-refractivity contribution in [2.24, 2.45) is 11.1 Å². The first-order valence-corrected chi connectivity index (χ1v) is 6.92. The van der Waals surface area contributed by atoms with Crippen LogP contribution in [0.3, 0.4) is 0 Å². The number of rotatable bonds is 2. The molecule has 2 unspecified atom stereocenters. The van der Waals surface area contributed by atoms with Gasteiger partial charge in [0.25, 0.3) is 0 Å². The van der Waals surface area contributed by atoms with Crippen molar-refractivity contribution < 1.29 is 9.26 Å². The first kappa shape index (κ1) is 12.9. The van der Waals surface area contributed by atoms with Gasteiger partial charge in [-0.2, -0.15) is 16.7 Å². The monoisotopic (exact) mass is 257 g/mol. The molecule has 0 bridgehead atoms. The number of hydrogen-bond acceptors (Lipinski definition) is 6. The van der Waals surface area contributed by atoms with Gasteiger partial charge in [-0.25, -0.2) is 0 Å². The van der Waals surface area contributed by atoms with Crippen molar-refractivity contribution in [2.45, 2.75) is 32.9 Å². The van der Waals surface area contributed by atoms with Crippen molar-refractivity contribution in [3.8, 4) is 0 Å². The van der Waals surface area contributed by atoms with Crippen LogP contribution in [0.1, 0.15) is 44.6 Å². The quantitative estimate of drug-likeness (QED) is 0.872. The average molecular weight is 257 g/mol. The Kier molecular flexibility index (Phi) is 3.75. The Morgan fingerprint density at radius 3 is 2.82 bits per heavy atom. The largest absolute Gasteiger partial charge is 0.368 e. The highest BCUT2D eigenvalue weighted by Crippen LogP contribution is 2.31. The van der Waals surface area contributed by atoms with E-state index in [0.29, 0.717) is 11.7 Å². The van der Waals surface area contributed by atoms with E-state index in [1.54, 1.807) is 0 Å². The van der Waals surface area contributed by atoms with Crippen molar-refractivity contribution in [1.29, 1.82) is 0 Å². The second-order valence-electron chi connectivity index (χ2n) is 5.27. The zero-order valence-corrected chi connectivity index (χ0v) is 11.3. The molecule has 2 rings (SSSR count). The highest BCUT2D eigenvalue weighted by atomic mass is 32.2. The van der Waals surface area contributed by atoms with E-state index in [0.717, 1.165) is 18.1 Å². The fraction of sp³-hybridized carbons (Fsp3) is 0.818. The number of aromatic nitrogens is 2. The summed E-state index contributed by atoms with van der Waals surface area (Å²) in [6.07, 6.45) is -0.0570. The van der Waals surface area contributed by atoms with Gasteiger partial charge in [0, 0.05) is 11.5 Å². The molecule has 1 aromatic heterocycles. The third-order valence-electron chi connectivity index (χ3n) is 2.76. The predicted octanol–water partition coefficient (Wildman–Crippen LogP) is 1.92. The number of ether oxygens (including phenoxy) is 1. The van der Waals surface area contributed by atoms with Crippen LogP contribution in [0.2, 0.25) is 0 Å². The fourth-order valence-electron chi connectivity index (χ4n) is 1.51. The van der Waals surface area contributed by atoms with Crippen LogP contribution in [0.4, 0.5) is 0 Å². The van der Waals surface area contributed by atoms with Gasteiger partial charge in [-0.1, -0.05) is 25.9 Å². The molecule has 1 aromatic rings. The molecule has 2 N–H and O–H groups in total. The highest BCUT2D eigenvalue weighted by Gasteiger charge is 2.29. The van der Waals surface area contributed by atoms with Crippen molar-refractivity contribution in [2.75, 3.05) is 18.1 Å². The lowest BCUT2D eigenvalue weighted by Gasteiger charge is -2.23. The second-order valence-corrected chi connectivity index (χ2v) is 6.42. The molecular formula is C11H19N3O2S. The van der Waals surface area contributed by atoms with Crippen LogP contribution < -0.4 is 5.73 Å². The van der Waals surface area contributed by atoms with Crippen LogP contribution >= 0.6 is 11.8 Å². The minimum Gasteiger partial charge on any atom is -0.368 e. The molecule has 2 heterocycles. The summed E-state index contributed by atoms with van der Waals surface area (Å²) in [4.78, 5) is 4.36. The number of nitrogens with zero attached hydrogens (tertiary/aromatic N) is 2. The zero-order chi connectivity index (χ0) is 12.5. The molecule has 17 heavy (non-hydrogen) atoms. The Labute approximate surface area is 105 Å². The fourth-order valence-corrected chi connectivity index (χ4v) is 2.35. The van der Waals surface area contributed by atoms with Crippen molar-refractivity contribution >= 4 is 11.8 Å². The summed E-state index contributed by atoms with van der Waals surface area (Å²) in [6, 6.07) is -0.250. The third kappa shape index (κ3) is 3.00. The minimum atomic E-state index is -0.250. The Morgan fingerprint density at radius 1 is 1.47 bits per heavy atom. The minimum absolute atomic E-state index is 0.0570. The van der Waals surface area contributed by atoms with E-state index in [9.17, 15) is 0 Å². The predicted molar refractivity (Wildman–Crippen MR) is 66.7 cm³/mol. The molecule has 1 fully saturated rings. The first-order valence-electron chi connectivity index (χ1n) is 5.77. The smallest absolute Gasteiger partial charge is 0.244 e. The van der Waals surface area contributed by atoms with Gasteiger partial charge in [0.15, 0.2) is 0 Å². The number of hydrogen-bond donors (Lipinski definition) is 1. The molecule has 5 nitrogen and oxygen atoms in total. The van der Waals surface area contributed by atoms with Gasteiger partial charge in [-0.15, -0.1) is 0 Å². The van der Waals surface area contributed by atoms with Crippen LogP contribution in [0.25, 0.3) is 0 Å². The lowest BCUT2D eigenvalue weighted by molar-refractivity contribution is 0.0677. The van der Waals surface area contributed by atoms with E-state index in [1.165, 1.54) is 0 Å². The van der Waals surface area contributed by atoms with Crippen LogP contribution in [-0.2, 0) is 4.74 Å². The maximum Gasteiger partial charge on any atom is 0.244 e. The molecule has 1 aliphatic rings. The van der Waals surface area contributed by atoms with Crippen LogP contribution in [0.5, 0.6) is 0 Å². The molecule has 1 saturated heterocycles. The first-order chi connectivity index (χ1) is 7.98. The molecule has 2 atom stereocenters. The molecule has 0 saturated carbocycles. The van der Waals surface area contributed by atoms with Crippen molar-refractivity contribution in [3.05, 3.63) is 11.7 Å². The third-order valence-corrected chi connectivity index (χ3v) is 3.75. The zero-order valence-electron chi connectivity index (χ0n) is 10.5. The van der Waals surface area contributed by atoms with Crippen molar-refractivity contribution in [1.82, 2.24) is 10.1 Å². The van der Waals surface area contributed by atoms with Gasteiger partial charge in [0.2, 0.25) is 11.7 Å². The van der Waals surface area contributed by atoms with Gasteiger partial charge in [-0.05, 0) is 5.41 Å². The van der Waals surface area contributed by atoms with E-state index < -0.39 is 0 Å². The Bertz CT molecular complexity index is 369. The average Bonchev–Trinajstić information content (AvgIpc) is 2.77. The van der Waals surface area contributed by atoms with Gasteiger partial charge in [-0.3, -0.25) is 0 Å². The molecule has 1 aliphatic heterocycles. The van der Waals surface area contributed by atoms with Gasteiger partial charge in [0.1, 0.15) is 6.10 Å². The lowest BCUT2D eigenvalue weighted by Crippen LogP contribution is -2.26. The summed E-state index contributed by atoms with van der Waals surface area (Å²) in [7, 11) is 0. The molecule has 0 aliphatic carbocycles. The highest BCUT2D eigenvalue weighted by molar-refractivity contribution is 7.99. The standard InChI is InChI=1S/C11H19N3O2S/c1-11(2,3)8(12)10-13-9(14-16-10)7-6-17-5-4-15-7/h7-8H,4-6,12H2,1-3H3. The van der Waals surface area contributed by atoms with Crippen LogP contribution in [0.15, 0.2) is 4.52 Å². The van der Waals surface area contributed by atoms with Crippen LogP contribution in [0, 0.1) is 5.41 Å². The van der Waals surface area contributed by atoms with E-state index >= 15 is 0 Å². The molecule has 6 heteroatoms. The Hall–Kier alpha value is -0.590. The van der Waals surface area contributed by atoms with E-state index in [4.69, 9.17) is 15.0 Å². The number of nitrogens with two attached hydrogens (primary N) is 1. The summed E-state index contributed by atoms with van der Waals surface area (Å²) in [5.41, 5.74) is 5.98. The topological polar surface area (TPSA) is 74.2 Å². The van der Waals surface area contributed by atoms with E-state index in [1.807, 2.05) is 11.8 Å². The van der Waals surface area contributed by atoms with Crippen molar-refractivity contribution in [3.63, 3.8) is 0 Å². The van der Waals surface area contributed by atoms with Gasteiger partial charge >= 0.3 is 0 Å².